The van der Waals surface area contributed by atoms with Crippen molar-refractivity contribution in [3.8, 4) is 0 Å². The van der Waals surface area contributed by atoms with Crippen LogP contribution in [-0.4, -0.2) is 34.4 Å². The molecular formula is C15H24N4O. The third-order valence-corrected chi connectivity index (χ3v) is 3.23. The van der Waals surface area contributed by atoms with Crippen LogP contribution in [0.3, 0.4) is 0 Å². The van der Waals surface area contributed by atoms with Gasteiger partial charge < -0.3 is 19.2 Å². The lowest BCUT2D eigenvalue weighted by Gasteiger charge is -2.07. The maximum atomic E-state index is 5.01. The number of nitrogens with zero attached hydrogens (tertiary/aromatic N) is 3. The summed E-state index contributed by atoms with van der Waals surface area (Å²) >= 11 is 0. The molecule has 0 spiro atoms. The van der Waals surface area contributed by atoms with Gasteiger partial charge in [0.1, 0.15) is 0 Å². The third kappa shape index (κ3) is 4.21. The minimum Gasteiger partial charge on any atom is -0.383 e. The van der Waals surface area contributed by atoms with Gasteiger partial charge in [-0.1, -0.05) is 6.92 Å². The molecule has 110 valence electrons. The summed E-state index contributed by atoms with van der Waals surface area (Å²) < 4.78 is 9.44. The van der Waals surface area contributed by atoms with Crippen LogP contribution in [0.25, 0.3) is 0 Å². The predicted octanol–water partition coefficient (Wildman–Crippen LogP) is 1.88. The normalized spacial score (nSPS) is 11.1. The first-order valence-corrected chi connectivity index (χ1v) is 7.16. The van der Waals surface area contributed by atoms with Gasteiger partial charge in [0, 0.05) is 45.3 Å². The number of nitrogens with one attached hydrogen (secondary N) is 1. The molecule has 0 radical (unpaired) electrons. The summed E-state index contributed by atoms with van der Waals surface area (Å²) in [7, 11) is 1.72. The van der Waals surface area contributed by atoms with Gasteiger partial charge in [-0.3, -0.25) is 0 Å². The standard InChI is InChI=1S/C15H24N4O/c1-3-6-19-13-17-10-15(19)12-18-7-4-14(11-18)9-16-5-8-20-2/h4,7,10-11,13,16H,3,5-6,8-9,12H2,1-2H3. The second kappa shape index (κ2) is 7.87. The molecular weight excluding hydrogens is 252 g/mol. The molecule has 1 N–H and O–H groups in total. The Kier molecular flexibility index (Phi) is 5.83. The summed E-state index contributed by atoms with van der Waals surface area (Å²) in [4.78, 5) is 4.24. The zero-order chi connectivity index (χ0) is 14.2. The molecule has 2 rings (SSSR count). The average molecular weight is 276 g/mol. The van der Waals surface area contributed by atoms with E-state index in [4.69, 9.17) is 4.74 Å². The van der Waals surface area contributed by atoms with E-state index in [1.807, 2.05) is 12.5 Å². The van der Waals surface area contributed by atoms with Gasteiger partial charge in [0.15, 0.2) is 0 Å². The third-order valence-electron chi connectivity index (χ3n) is 3.23. The zero-order valence-electron chi connectivity index (χ0n) is 12.4. The van der Waals surface area contributed by atoms with Crippen LogP contribution in [0.2, 0.25) is 0 Å². The zero-order valence-corrected chi connectivity index (χ0v) is 12.4. The predicted molar refractivity (Wildman–Crippen MR) is 79.6 cm³/mol. The second-order valence-electron chi connectivity index (χ2n) is 4.94. The number of rotatable bonds is 9. The maximum Gasteiger partial charge on any atom is 0.0948 e. The number of aryl methyl sites for hydroxylation is 1. The van der Waals surface area contributed by atoms with Gasteiger partial charge in [0.05, 0.1) is 25.2 Å². The Hall–Kier alpha value is -1.59. The first kappa shape index (κ1) is 14.8. The van der Waals surface area contributed by atoms with Gasteiger partial charge in [-0.15, -0.1) is 0 Å². The minimum absolute atomic E-state index is 0.747. The Labute approximate surface area is 120 Å². The van der Waals surface area contributed by atoms with Gasteiger partial charge >= 0.3 is 0 Å². The number of ether oxygens (including phenoxy) is 1. The Balaban J connectivity index is 1.87. The van der Waals surface area contributed by atoms with E-state index in [1.54, 1.807) is 7.11 Å². The van der Waals surface area contributed by atoms with E-state index in [1.165, 1.54) is 11.3 Å². The van der Waals surface area contributed by atoms with Crippen LogP contribution >= 0.6 is 0 Å². The molecule has 20 heavy (non-hydrogen) atoms. The van der Waals surface area contributed by atoms with E-state index in [0.717, 1.165) is 39.2 Å². The fourth-order valence-electron chi connectivity index (χ4n) is 2.21. The largest absolute Gasteiger partial charge is 0.383 e. The van der Waals surface area contributed by atoms with Crippen molar-refractivity contribution in [1.29, 1.82) is 0 Å². The average Bonchev–Trinajstić information content (AvgIpc) is 3.06. The summed E-state index contributed by atoms with van der Waals surface area (Å²) in [5.41, 5.74) is 2.55. The highest BCUT2D eigenvalue weighted by Gasteiger charge is 2.03. The maximum absolute atomic E-state index is 5.01. The van der Waals surface area contributed by atoms with Crippen LogP contribution in [0.5, 0.6) is 0 Å². The van der Waals surface area contributed by atoms with E-state index in [9.17, 15) is 0 Å². The molecule has 0 saturated heterocycles. The second-order valence-corrected chi connectivity index (χ2v) is 4.94. The fourth-order valence-corrected chi connectivity index (χ4v) is 2.21. The van der Waals surface area contributed by atoms with Crippen molar-refractivity contribution in [2.24, 2.45) is 0 Å². The van der Waals surface area contributed by atoms with E-state index in [0.29, 0.717) is 0 Å². The highest BCUT2D eigenvalue weighted by atomic mass is 16.5. The van der Waals surface area contributed by atoms with Crippen molar-refractivity contribution in [3.05, 3.63) is 42.2 Å². The molecule has 0 aromatic carbocycles. The van der Waals surface area contributed by atoms with Crippen LogP contribution < -0.4 is 5.32 Å². The van der Waals surface area contributed by atoms with Crippen molar-refractivity contribution < 1.29 is 4.74 Å². The van der Waals surface area contributed by atoms with E-state index >= 15 is 0 Å². The summed E-state index contributed by atoms with van der Waals surface area (Å²) in [6.07, 6.45) is 9.30. The molecule has 0 aliphatic carbocycles. The van der Waals surface area contributed by atoms with Gasteiger partial charge in [-0.05, 0) is 18.1 Å². The van der Waals surface area contributed by atoms with Crippen LogP contribution in [0.4, 0.5) is 0 Å². The monoisotopic (exact) mass is 276 g/mol. The van der Waals surface area contributed by atoms with Crippen molar-refractivity contribution in [1.82, 2.24) is 19.4 Å². The molecule has 0 bridgehead atoms. The molecule has 0 atom stereocenters. The molecule has 0 fully saturated rings. The summed E-state index contributed by atoms with van der Waals surface area (Å²) in [6.45, 7) is 6.59. The van der Waals surface area contributed by atoms with Crippen molar-refractivity contribution in [2.45, 2.75) is 33.0 Å². The number of imidazole rings is 1. The molecule has 0 aliphatic heterocycles. The van der Waals surface area contributed by atoms with E-state index < -0.39 is 0 Å². The Morgan fingerprint density at radius 3 is 3.10 bits per heavy atom. The molecule has 2 aromatic heterocycles. The lowest BCUT2D eigenvalue weighted by Crippen LogP contribution is -2.18. The van der Waals surface area contributed by atoms with Crippen LogP contribution in [0, 0.1) is 0 Å². The quantitative estimate of drug-likeness (QED) is 0.711. The van der Waals surface area contributed by atoms with Gasteiger partial charge in [0.2, 0.25) is 0 Å². The molecule has 0 amide bonds. The Bertz CT molecular complexity index is 503. The molecule has 0 unspecified atom stereocenters. The molecule has 2 heterocycles. The molecule has 2 aromatic rings. The number of methoxy groups -OCH3 is 1. The lowest BCUT2D eigenvalue weighted by atomic mass is 10.3. The number of hydrogen-bond donors (Lipinski definition) is 1. The topological polar surface area (TPSA) is 44.0 Å². The number of hydrogen-bond acceptors (Lipinski definition) is 3. The van der Waals surface area contributed by atoms with Gasteiger partial charge in [-0.25, -0.2) is 4.98 Å². The van der Waals surface area contributed by atoms with Crippen LogP contribution in [-0.2, 0) is 24.4 Å². The summed E-state index contributed by atoms with van der Waals surface area (Å²) in [6, 6.07) is 2.15. The Morgan fingerprint density at radius 1 is 1.40 bits per heavy atom. The van der Waals surface area contributed by atoms with Gasteiger partial charge in [-0.2, -0.15) is 0 Å². The molecule has 5 heteroatoms. The summed E-state index contributed by atoms with van der Waals surface area (Å²) in [5.74, 6) is 0. The van der Waals surface area contributed by atoms with E-state index in [2.05, 4.69) is 44.8 Å². The van der Waals surface area contributed by atoms with Crippen LogP contribution in [0.1, 0.15) is 24.6 Å². The van der Waals surface area contributed by atoms with Crippen LogP contribution in [0.15, 0.2) is 31.0 Å². The van der Waals surface area contributed by atoms with E-state index in [-0.39, 0.29) is 0 Å². The highest BCUT2D eigenvalue weighted by Crippen LogP contribution is 2.07. The van der Waals surface area contributed by atoms with Crippen molar-refractivity contribution in [3.63, 3.8) is 0 Å². The highest BCUT2D eigenvalue weighted by molar-refractivity contribution is 5.12. The fraction of sp³-hybridized carbons (Fsp3) is 0.533. The molecule has 0 aliphatic rings. The Morgan fingerprint density at radius 2 is 2.30 bits per heavy atom. The summed E-state index contributed by atoms with van der Waals surface area (Å²) in [5, 5.41) is 3.35. The minimum atomic E-state index is 0.747. The van der Waals surface area contributed by atoms with Gasteiger partial charge in [0.25, 0.3) is 0 Å². The first-order valence-electron chi connectivity index (χ1n) is 7.16. The van der Waals surface area contributed by atoms with Crippen molar-refractivity contribution in [2.75, 3.05) is 20.3 Å². The first-order chi connectivity index (χ1) is 9.83. The molecule has 5 nitrogen and oxygen atoms in total. The number of aromatic nitrogens is 3. The SMILES string of the molecule is CCCn1cncc1Cn1ccc(CNCCOC)c1. The molecule has 0 saturated carbocycles. The van der Waals surface area contributed by atoms with Crippen molar-refractivity contribution >= 4 is 0 Å². The smallest absolute Gasteiger partial charge is 0.0948 e. The lowest BCUT2D eigenvalue weighted by molar-refractivity contribution is 0.199.